The number of rotatable bonds is 0. The van der Waals surface area contributed by atoms with Crippen LogP contribution in [0.5, 0.6) is 0 Å². The molecule has 72 valence electrons. The van der Waals surface area contributed by atoms with E-state index in [1.54, 1.807) is 12.2 Å². The summed E-state index contributed by atoms with van der Waals surface area (Å²) in [5.74, 6) is -0.349. The van der Waals surface area contributed by atoms with Crippen molar-refractivity contribution >= 4 is 6.21 Å². The Morgan fingerprint density at radius 3 is 2.67 bits per heavy atom. The first-order chi connectivity index (χ1) is 7.27. The fourth-order valence-electron chi connectivity index (χ4n) is 1.96. The molecule has 0 spiro atoms. The number of fused-ring (bicyclic) bond motifs is 1. The normalized spacial score (nSPS) is 30.1. The highest BCUT2D eigenvalue weighted by atomic mass is 15.5. The predicted molar refractivity (Wildman–Crippen MR) is 50.9 cm³/mol. The molecule has 5 nitrogen and oxygen atoms in total. The standard InChI is InChI=1S/C10H7N5/c11-5-8-4-10(6-12,7-13)15-9(8)2-1-3-14-15/h1-3,8-9H,4H2/t8-,9+/m1/s1. The fourth-order valence-corrected chi connectivity index (χ4v) is 1.96. The first-order valence-corrected chi connectivity index (χ1v) is 4.49. The van der Waals surface area contributed by atoms with Crippen LogP contribution in [0.15, 0.2) is 17.3 Å². The molecule has 1 fully saturated rings. The van der Waals surface area contributed by atoms with Crippen molar-refractivity contribution in [3.8, 4) is 18.2 Å². The van der Waals surface area contributed by atoms with Crippen LogP contribution >= 0.6 is 0 Å². The molecule has 2 atom stereocenters. The Morgan fingerprint density at radius 2 is 2.07 bits per heavy atom. The summed E-state index contributed by atoms with van der Waals surface area (Å²) in [7, 11) is 0. The SMILES string of the molecule is N#C[C@H]1CC(C#N)(C#N)N2N=CC=C[C@@H]12. The van der Waals surface area contributed by atoms with E-state index in [1.165, 1.54) is 11.2 Å². The monoisotopic (exact) mass is 197 g/mol. The smallest absolute Gasteiger partial charge is 0.231 e. The Labute approximate surface area is 87.1 Å². The highest BCUT2D eigenvalue weighted by Gasteiger charge is 2.52. The summed E-state index contributed by atoms with van der Waals surface area (Å²) >= 11 is 0. The van der Waals surface area contributed by atoms with Crippen LogP contribution in [0, 0.1) is 39.9 Å². The average molecular weight is 197 g/mol. The van der Waals surface area contributed by atoms with E-state index < -0.39 is 5.54 Å². The van der Waals surface area contributed by atoms with Crippen LogP contribution in [-0.4, -0.2) is 22.8 Å². The Bertz CT molecular complexity index is 442. The van der Waals surface area contributed by atoms with Gasteiger partial charge in [-0.3, -0.25) is 5.01 Å². The van der Waals surface area contributed by atoms with Crippen molar-refractivity contribution in [2.24, 2.45) is 11.0 Å². The Morgan fingerprint density at radius 1 is 1.33 bits per heavy atom. The van der Waals surface area contributed by atoms with Crippen LogP contribution in [0.1, 0.15) is 6.42 Å². The summed E-state index contributed by atoms with van der Waals surface area (Å²) in [4.78, 5) is 0. The van der Waals surface area contributed by atoms with E-state index in [-0.39, 0.29) is 18.4 Å². The first-order valence-electron chi connectivity index (χ1n) is 4.49. The van der Waals surface area contributed by atoms with Crippen molar-refractivity contribution in [1.29, 1.82) is 15.8 Å². The molecule has 0 aromatic carbocycles. The van der Waals surface area contributed by atoms with Crippen LogP contribution in [0.2, 0.25) is 0 Å². The molecule has 0 aromatic rings. The van der Waals surface area contributed by atoms with Crippen molar-refractivity contribution in [3.05, 3.63) is 12.2 Å². The molecule has 2 rings (SSSR count). The lowest BCUT2D eigenvalue weighted by Crippen LogP contribution is -2.42. The molecule has 2 aliphatic rings. The second-order valence-corrected chi connectivity index (χ2v) is 3.51. The van der Waals surface area contributed by atoms with Gasteiger partial charge in [0.1, 0.15) is 12.1 Å². The lowest BCUT2D eigenvalue weighted by Gasteiger charge is -2.28. The van der Waals surface area contributed by atoms with Crippen LogP contribution in [0.3, 0.4) is 0 Å². The molecule has 2 heterocycles. The minimum atomic E-state index is -1.29. The van der Waals surface area contributed by atoms with Gasteiger partial charge in [0.05, 0.1) is 18.0 Å². The lowest BCUT2D eigenvalue weighted by molar-refractivity contribution is 0.212. The van der Waals surface area contributed by atoms with Gasteiger partial charge in [0.15, 0.2) is 0 Å². The van der Waals surface area contributed by atoms with Crippen LogP contribution < -0.4 is 0 Å². The lowest BCUT2D eigenvalue weighted by atomic mass is 9.94. The zero-order valence-corrected chi connectivity index (χ0v) is 7.83. The summed E-state index contributed by atoms with van der Waals surface area (Å²) in [6.07, 6.45) is 5.29. The Hall–Kier alpha value is -2.32. The van der Waals surface area contributed by atoms with E-state index in [1.807, 2.05) is 12.1 Å². The van der Waals surface area contributed by atoms with E-state index in [0.29, 0.717) is 0 Å². The van der Waals surface area contributed by atoms with Crippen LogP contribution in [0.25, 0.3) is 0 Å². The van der Waals surface area contributed by atoms with Gasteiger partial charge in [-0.25, -0.2) is 0 Å². The minimum absolute atomic E-state index is 0.225. The van der Waals surface area contributed by atoms with Gasteiger partial charge in [-0.1, -0.05) is 6.08 Å². The average Bonchev–Trinajstić information content (AvgIpc) is 2.64. The van der Waals surface area contributed by atoms with E-state index in [2.05, 4.69) is 11.2 Å². The van der Waals surface area contributed by atoms with Gasteiger partial charge in [-0.2, -0.15) is 20.9 Å². The summed E-state index contributed by atoms with van der Waals surface area (Å²) in [6, 6.07) is 5.78. The maximum absolute atomic E-state index is 9.05. The van der Waals surface area contributed by atoms with Crippen LogP contribution in [-0.2, 0) is 0 Å². The highest BCUT2D eigenvalue weighted by molar-refractivity contribution is 5.72. The molecule has 0 aliphatic carbocycles. The Kier molecular flexibility index (Phi) is 1.92. The third kappa shape index (κ3) is 1.09. The van der Waals surface area contributed by atoms with Gasteiger partial charge in [0.2, 0.25) is 5.54 Å². The Balaban J connectivity index is 2.46. The second kappa shape index (κ2) is 3.12. The van der Waals surface area contributed by atoms with Gasteiger partial charge in [-0.15, -0.1) is 0 Å². The van der Waals surface area contributed by atoms with Gasteiger partial charge in [0, 0.05) is 12.6 Å². The topological polar surface area (TPSA) is 87.0 Å². The molecule has 0 bridgehead atoms. The van der Waals surface area contributed by atoms with Crippen molar-refractivity contribution in [2.75, 3.05) is 0 Å². The quantitative estimate of drug-likeness (QED) is 0.567. The zero-order valence-electron chi connectivity index (χ0n) is 7.83. The first kappa shape index (κ1) is 9.24. The van der Waals surface area contributed by atoms with Crippen molar-refractivity contribution in [2.45, 2.75) is 18.0 Å². The molecule has 0 saturated carbocycles. The molecule has 0 aromatic heterocycles. The largest absolute Gasteiger partial charge is 0.255 e. The third-order valence-electron chi connectivity index (χ3n) is 2.72. The van der Waals surface area contributed by atoms with Gasteiger partial charge >= 0.3 is 0 Å². The van der Waals surface area contributed by atoms with Crippen LogP contribution in [0.4, 0.5) is 0 Å². The number of hydrogen-bond acceptors (Lipinski definition) is 5. The fraction of sp³-hybridized carbons (Fsp3) is 0.400. The van der Waals surface area contributed by atoms with Gasteiger partial charge < -0.3 is 0 Å². The number of nitriles is 3. The predicted octanol–water partition coefficient (Wildman–Crippen LogP) is 0.542. The summed E-state index contributed by atoms with van der Waals surface area (Å²) in [5, 5.41) is 32.5. The molecule has 15 heavy (non-hydrogen) atoms. The number of nitrogens with zero attached hydrogens (tertiary/aromatic N) is 5. The van der Waals surface area contributed by atoms with E-state index in [4.69, 9.17) is 15.8 Å². The summed E-state index contributed by atoms with van der Waals surface area (Å²) < 4.78 is 0. The summed E-state index contributed by atoms with van der Waals surface area (Å²) in [5.41, 5.74) is -1.29. The van der Waals surface area contributed by atoms with Crippen molar-refractivity contribution in [3.63, 3.8) is 0 Å². The molecule has 0 N–H and O–H groups in total. The van der Waals surface area contributed by atoms with Crippen molar-refractivity contribution < 1.29 is 0 Å². The second-order valence-electron chi connectivity index (χ2n) is 3.51. The van der Waals surface area contributed by atoms with Gasteiger partial charge in [0.25, 0.3) is 0 Å². The maximum Gasteiger partial charge on any atom is 0.231 e. The number of allylic oxidation sites excluding steroid dienone is 1. The van der Waals surface area contributed by atoms with Gasteiger partial charge in [-0.05, 0) is 6.08 Å². The molecule has 0 radical (unpaired) electrons. The summed E-state index contributed by atoms with van der Waals surface area (Å²) in [6.45, 7) is 0. The van der Waals surface area contributed by atoms with E-state index in [9.17, 15) is 0 Å². The number of hydrazone groups is 1. The molecule has 0 amide bonds. The molecule has 5 heteroatoms. The molecule has 0 unspecified atom stereocenters. The highest BCUT2D eigenvalue weighted by Crippen LogP contribution is 2.39. The molecule has 2 aliphatic heterocycles. The van der Waals surface area contributed by atoms with E-state index in [0.717, 1.165) is 0 Å². The molecular weight excluding hydrogens is 190 g/mol. The number of hydrogen-bond donors (Lipinski definition) is 0. The van der Waals surface area contributed by atoms with E-state index >= 15 is 0 Å². The molecular formula is C10H7N5. The zero-order chi connectivity index (χ0) is 10.9. The maximum atomic E-state index is 9.05. The third-order valence-corrected chi connectivity index (χ3v) is 2.72. The molecule has 1 saturated heterocycles. The van der Waals surface area contributed by atoms with Crippen molar-refractivity contribution in [1.82, 2.24) is 5.01 Å². The minimum Gasteiger partial charge on any atom is -0.255 e.